The number of nitrogens with one attached hydrogen (secondary N) is 1. The van der Waals surface area contributed by atoms with Crippen molar-refractivity contribution in [3.8, 4) is 0 Å². The number of rotatable bonds is 1. The smallest absolute Gasteiger partial charge is 0.0804 e. The van der Waals surface area contributed by atoms with Crippen molar-refractivity contribution < 1.29 is 0 Å². The topological polar surface area (TPSA) is 33.1 Å². The van der Waals surface area contributed by atoms with E-state index in [-0.39, 0.29) is 0 Å². The molecule has 1 N–H and O–H groups in total. The highest BCUT2D eigenvalue weighted by atomic mass is 15.6. The van der Waals surface area contributed by atoms with Gasteiger partial charge in [-0.15, -0.1) is 0 Å². The van der Waals surface area contributed by atoms with Crippen LogP contribution in [0.3, 0.4) is 0 Å². The molecule has 0 bridgehead atoms. The number of piperazine rings is 1. The maximum Gasteiger partial charge on any atom is 0.0804 e. The molecule has 1 aliphatic heterocycles. The number of nitrogens with zero attached hydrogens (tertiary/aromatic N) is 3. The molecule has 1 fully saturated rings. The van der Waals surface area contributed by atoms with Gasteiger partial charge < -0.3 is 10.3 Å². The predicted octanol–water partition coefficient (Wildman–Crippen LogP) is 1.73. The SMILES string of the molecule is c1ccc2c(c1)ncc1ccn(N3CCNCC3)c12. The summed E-state index contributed by atoms with van der Waals surface area (Å²) < 4.78 is 2.29. The zero-order valence-corrected chi connectivity index (χ0v) is 10.7. The minimum absolute atomic E-state index is 1.04. The number of fused-ring (bicyclic) bond motifs is 3. The molecule has 1 saturated heterocycles. The van der Waals surface area contributed by atoms with Gasteiger partial charge in [-0.2, -0.15) is 0 Å². The van der Waals surface area contributed by atoms with Crippen LogP contribution in [0.5, 0.6) is 0 Å². The monoisotopic (exact) mass is 252 g/mol. The number of para-hydroxylation sites is 1. The Morgan fingerprint density at radius 1 is 1.05 bits per heavy atom. The summed E-state index contributed by atoms with van der Waals surface area (Å²) in [6, 6.07) is 10.5. The van der Waals surface area contributed by atoms with Crippen LogP contribution in [-0.2, 0) is 0 Å². The van der Waals surface area contributed by atoms with Crippen LogP contribution in [0.25, 0.3) is 21.8 Å². The summed E-state index contributed by atoms with van der Waals surface area (Å²) in [7, 11) is 0. The molecule has 0 aliphatic carbocycles. The van der Waals surface area contributed by atoms with Gasteiger partial charge in [-0.1, -0.05) is 18.2 Å². The molecule has 4 nitrogen and oxygen atoms in total. The minimum Gasteiger partial charge on any atom is -0.313 e. The Morgan fingerprint density at radius 3 is 2.79 bits per heavy atom. The Hall–Kier alpha value is -2.07. The second kappa shape index (κ2) is 4.24. The van der Waals surface area contributed by atoms with Crippen molar-refractivity contribution in [3.63, 3.8) is 0 Å². The average Bonchev–Trinajstić information content (AvgIpc) is 2.92. The summed E-state index contributed by atoms with van der Waals surface area (Å²) in [5.74, 6) is 0. The normalized spacial score (nSPS) is 16.3. The fraction of sp³-hybridized carbons (Fsp3) is 0.267. The van der Waals surface area contributed by atoms with Gasteiger partial charge in [0.05, 0.1) is 11.0 Å². The lowest BCUT2D eigenvalue weighted by molar-refractivity contribution is 0.500. The molecule has 4 rings (SSSR count). The second-order valence-corrected chi connectivity index (χ2v) is 4.94. The van der Waals surface area contributed by atoms with Crippen LogP contribution in [0.15, 0.2) is 42.7 Å². The number of aromatic nitrogens is 2. The average molecular weight is 252 g/mol. The van der Waals surface area contributed by atoms with Crippen LogP contribution in [0.1, 0.15) is 0 Å². The fourth-order valence-corrected chi connectivity index (χ4v) is 2.85. The molecule has 0 saturated carbocycles. The molecule has 0 radical (unpaired) electrons. The first kappa shape index (κ1) is 10.8. The third-order valence-electron chi connectivity index (χ3n) is 3.80. The van der Waals surface area contributed by atoms with E-state index in [1.54, 1.807) is 0 Å². The van der Waals surface area contributed by atoms with Gasteiger partial charge >= 0.3 is 0 Å². The molecule has 2 aromatic heterocycles. The number of hydrogen-bond donors (Lipinski definition) is 1. The number of benzene rings is 1. The van der Waals surface area contributed by atoms with E-state index in [0.29, 0.717) is 0 Å². The maximum atomic E-state index is 4.52. The van der Waals surface area contributed by atoms with Gasteiger partial charge in [0.25, 0.3) is 0 Å². The predicted molar refractivity (Wildman–Crippen MR) is 78.1 cm³/mol. The molecule has 3 aromatic rings. The molecular formula is C15H16N4. The lowest BCUT2D eigenvalue weighted by Gasteiger charge is -2.31. The number of pyridine rings is 1. The van der Waals surface area contributed by atoms with E-state index >= 15 is 0 Å². The fourth-order valence-electron chi connectivity index (χ4n) is 2.85. The molecule has 4 heteroatoms. The van der Waals surface area contributed by atoms with Gasteiger partial charge in [0, 0.05) is 49.3 Å². The summed E-state index contributed by atoms with van der Waals surface area (Å²) in [5.41, 5.74) is 2.33. The van der Waals surface area contributed by atoms with E-state index in [0.717, 1.165) is 31.7 Å². The van der Waals surface area contributed by atoms with Gasteiger partial charge in [-0.3, -0.25) is 9.66 Å². The van der Waals surface area contributed by atoms with Crippen LogP contribution >= 0.6 is 0 Å². The molecule has 1 aliphatic rings. The lowest BCUT2D eigenvalue weighted by atomic mass is 10.2. The van der Waals surface area contributed by atoms with Crippen molar-refractivity contribution in [1.29, 1.82) is 0 Å². The van der Waals surface area contributed by atoms with Crippen LogP contribution in [0.2, 0.25) is 0 Å². The Morgan fingerprint density at radius 2 is 1.89 bits per heavy atom. The molecule has 0 atom stereocenters. The zero-order chi connectivity index (χ0) is 12.7. The van der Waals surface area contributed by atoms with Crippen LogP contribution < -0.4 is 10.3 Å². The van der Waals surface area contributed by atoms with Crippen molar-refractivity contribution >= 4 is 21.8 Å². The van der Waals surface area contributed by atoms with Crippen molar-refractivity contribution in [1.82, 2.24) is 15.0 Å². The number of hydrogen-bond acceptors (Lipinski definition) is 3. The van der Waals surface area contributed by atoms with Crippen molar-refractivity contribution in [2.75, 3.05) is 31.2 Å². The standard InChI is InChI=1S/C15H16N4/c1-2-4-14-13(3-1)15-12(11-17-14)5-8-19(15)18-9-6-16-7-10-18/h1-5,8,11,16H,6-7,9-10H2. The third kappa shape index (κ3) is 1.68. The highest BCUT2D eigenvalue weighted by molar-refractivity contribution is 6.03. The molecule has 3 heterocycles. The van der Waals surface area contributed by atoms with E-state index < -0.39 is 0 Å². The Balaban J connectivity index is 1.97. The van der Waals surface area contributed by atoms with Crippen LogP contribution in [0.4, 0.5) is 0 Å². The first-order valence-corrected chi connectivity index (χ1v) is 6.74. The second-order valence-electron chi connectivity index (χ2n) is 4.94. The lowest BCUT2D eigenvalue weighted by Crippen LogP contribution is -2.48. The molecule has 0 amide bonds. The summed E-state index contributed by atoms with van der Waals surface area (Å²) in [4.78, 5) is 4.52. The van der Waals surface area contributed by atoms with E-state index in [1.807, 2.05) is 12.3 Å². The molecule has 0 spiro atoms. The molecule has 96 valence electrons. The summed E-state index contributed by atoms with van der Waals surface area (Å²) in [6.45, 7) is 4.17. The minimum atomic E-state index is 1.04. The van der Waals surface area contributed by atoms with E-state index in [9.17, 15) is 0 Å². The molecule has 1 aromatic carbocycles. The molecular weight excluding hydrogens is 236 g/mol. The molecule has 19 heavy (non-hydrogen) atoms. The van der Waals surface area contributed by atoms with Crippen molar-refractivity contribution in [2.45, 2.75) is 0 Å². The quantitative estimate of drug-likeness (QED) is 0.716. The first-order chi connectivity index (χ1) is 9.43. The van der Waals surface area contributed by atoms with Gasteiger partial charge in [0.2, 0.25) is 0 Å². The van der Waals surface area contributed by atoms with E-state index in [1.165, 1.54) is 16.3 Å². The van der Waals surface area contributed by atoms with Crippen LogP contribution in [-0.4, -0.2) is 35.8 Å². The van der Waals surface area contributed by atoms with Gasteiger partial charge in [0.1, 0.15) is 0 Å². The first-order valence-electron chi connectivity index (χ1n) is 6.74. The molecule has 0 unspecified atom stereocenters. The van der Waals surface area contributed by atoms with E-state index in [2.05, 4.69) is 50.4 Å². The summed E-state index contributed by atoms with van der Waals surface area (Å²) >= 11 is 0. The van der Waals surface area contributed by atoms with Crippen molar-refractivity contribution in [2.24, 2.45) is 0 Å². The Kier molecular flexibility index (Phi) is 2.42. The maximum absolute atomic E-state index is 4.52. The van der Waals surface area contributed by atoms with Gasteiger partial charge in [0.15, 0.2) is 0 Å². The highest BCUT2D eigenvalue weighted by Crippen LogP contribution is 2.24. The van der Waals surface area contributed by atoms with E-state index in [4.69, 9.17) is 0 Å². The highest BCUT2D eigenvalue weighted by Gasteiger charge is 2.14. The largest absolute Gasteiger partial charge is 0.313 e. The van der Waals surface area contributed by atoms with Gasteiger partial charge in [-0.05, 0) is 12.1 Å². The summed E-state index contributed by atoms with van der Waals surface area (Å²) in [6.07, 6.45) is 4.13. The van der Waals surface area contributed by atoms with Crippen molar-refractivity contribution in [3.05, 3.63) is 42.7 Å². The zero-order valence-electron chi connectivity index (χ0n) is 10.7. The van der Waals surface area contributed by atoms with Crippen LogP contribution in [0, 0.1) is 0 Å². The third-order valence-corrected chi connectivity index (χ3v) is 3.80. The Labute approximate surface area is 111 Å². The Bertz CT molecular complexity index is 725. The van der Waals surface area contributed by atoms with Gasteiger partial charge in [-0.25, -0.2) is 0 Å². The summed E-state index contributed by atoms with van der Waals surface area (Å²) in [5, 5.41) is 8.22.